The van der Waals surface area contributed by atoms with Gasteiger partial charge >= 0.3 is 0 Å². The summed E-state index contributed by atoms with van der Waals surface area (Å²) in [5.41, 5.74) is 0.806. The normalized spacial score (nSPS) is 14.6. The maximum absolute atomic E-state index is 12.0. The summed E-state index contributed by atoms with van der Waals surface area (Å²) in [7, 11) is 0. The topological polar surface area (TPSA) is 37.3 Å². The second-order valence-corrected chi connectivity index (χ2v) is 5.40. The smallest absolute Gasteiger partial charge is 0.141 e. The largest absolute Gasteiger partial charge is 0.388 e. The lowest BCUT2D eigenvalue weighted by Crippen LogP contribution is -2.23. The fourth-order valence-corrected chi connectivity index (χ4v) is 2.36. The van der Waals surface area contributed by atoms with Crippen molar-refractivity contribution in [1.82, 2.24) is 0 Å². The number of fused-ring (bicyclic) bond motifs is 1. The fraction of sp³-hybridized carbons (Fsp3) is 0.353. The monoisotopic (exact) mass is 256 g/mol. The van der Waals surface area contributed by atoms with Crippen molar-refractivity contribution < 1.29 is 9.90 Å². The number of carbonyl (C=O) groups is 1. The van der Waals surface area contributed by atoms with Crippen molar-refractivity contribution in [3.8, 4) is 0 Å². The summed E-state index contributed by atoms with van der Waals surface area (Å²) >= 11 is 0. The summed E-state index contributed by atoms with van der Waals surface area (Å²) in [4.78, 5) is 12.0. The highest BCUT2D eigenvalue weighted by molar-refractivity contribution is 5.85. The summed E-state index contributed by atoms with van der Waals surface area (Å²) < 4.78 is 0. The molecule has 0 amide bonds. The van der Waals surface area contributed by atoms with Crippen molar-refractivity contribution in [1.29, 1.82) is 0 Å². The molecule has 0 unspecified atom stereocenters. The van der Waals surface area contributed by atoms with E-state index in [4.69, 9.17) is 0 Å². The molecule has 100 valence electrons. The van der Waals surface area contributed by atoms with E-state index in [2.05, 4.69) is 0 Å². The number of hydrogen-bond acceptors (Lipinski definition) is 2. The maximum Gasteiger partial charge on any atom is 0.141 e. The molecule has 1 N–H and O–H groups in total. The number of rotatable bonds is 4. The molecule has 2 aromatic rings. The highest BCUT2D eigenvalue weighted by Gasteiger charge is 2.25. The number of aliphatic hydroxyl groups excluding tert-OH is 1. The lowest BCUT2D eigenvalue weighted by Gasteiger charge is -2.20. The van der Waals surface area contributed by atoms with Crippen LogP contribution in [0.2, 0.25) is 0 Å². The van der Waals surface area contributed by atoms with Crippen molar-refractivity contribution >= 4 is 16.6 Å². The molecule has 0 spiro atoms. The Labute approximate surface area is 114 Å². The predicted molar refractivity (Wildman–Crippen MR) is 77.9 cm³/mol. The molecule has 19 heavy (non-hydrogen) atoms. The molecule has 0 bridgehead atoms. The van der Waals surface area contributed by atoms with Crippen molar-refractivity contribution in [3.63, 3.8) is 0 Å². The Morgan fingerprint density at radius 1 is 1.00 bits per heavy atom. The average Bonchev–Trinajstić information content (AvgIpc) is 2.44. The van der Waals surface area contributed by atoms with E-state index in [1.165, 1.54) is 0 Å². The molecule has 2 atom stereocenters. The number of carbonyl (C=O) groups excluding carboxylic acids is 1. The Morgan fingerprint density at radius 3 is 2.26 bits per heavy atom. The average molecular weight is 256 g/mol. The first-order valence-corrected chi connectivity index (χ1v) is 6.71. The van der Waals surface area contributed by atoms with Crippen LogP contribution in [0, 0.1) is 11.8 Å². The van der Waals surface area contributed by atoms with Crippen LogP contribution >= 0.6 is 0 Å². The van der Waals surface area contributed by atoms with Gasteiger partial charge in [-0.25, -0.2) is 0 Å². The van der Waals surface area contributed by atoms with Crippen LogP contribution in [0.4, 0.5) is 0 Å². The van der Waals surface area contributed by atoms with Gasteiger partial charge in [-0.3, -0.25) is 4.79 Å². The maximum atomic E-state index is 12.0. The molecule has 0 aromatic heterocycles. The van der Waals surface area contributed by atoms with Gasteiger partial charge < -0.3 is 5.11 Å². The second-order valence-electron chi connectivity index (χ2n) is 5.40. The van der Waals surface area contributed by atoms with Crippen molar-refractivity contribution in [2.45, 2.75) is 26.9 Å². The van der Waals surface area contributed by atoms with Crippen LogP contribution in [0.25, 0.3) is 10.8 Å². The third kappa shape index (κ3) is 2.85. The molecule has 2 heteroatoms. The predicted octanol–water partition coefficient (Wildman–Crippen LogP) is 3.73. The van der Waals surface area contributed by atoms with Gasteiger partial charge in [0.25, 0.3) is 0 Å². The van der Waals surface area contributed by atoms with Gasteiger partial charge in [-0.15, -0.1) is 0 Å². The Hall–Kier alpha value is -1.67. The zero-order valence-corrected chi connectivity index (χ0v) is 11.6. The number of ketones is 1. The van der Waals surface area contributed by atoms with Gasteiger partial charge in [0, 0.05) is 11.8 Å². The molecule has 0 aliphatic carbocycles. The van der Waals surface area contributed by atoms with E-state index >= 15 is 0 Å². The van der Waals surface area contributed by atoms with Gasteiger partial charge in [0.2, 0.25) is 0 Å². The number of benzene rings is 2. The minimum absolute atomic E-state index is 0.0508. The highest BCUT2D eigenvalue weighted by atomic mass is 16.3. The molecule has 0 radical (unpaired) electrons. The Bertz CT molecular complexity index is 587. The third-order valence-corrected chi connectivity index (χ3v) is 3.61. The first-order chi connectivity index (χ1) is 9.00. The second kappa shape index (κ2) is 5.54. The molecule has 0 saturated heterocycles. The van der Waals surface area contributed by atoms with Crippen molar-refractivity contribution in [2.24, 2.45) is 11.8 Å². The van der Waals surface area contributed by atoms with E-state index in [0.29, 0.717) is 0 Å². The lowest BCUT2D eigenvalue weighted by molar-refractivity contribution is -0.128. The standard InChI is InChI=1S/C17H20O2/c1-11(2)16(18)12(3)17(19)15-9-8-13-6-4-5-7-14(13)10-15/h4-12,17,19H,1-3H3/t12-,17+/m1/s1. The van der Waals surface area contributed by atoms with Gasteiger partial charge in [-0.05, 0) is 22.4 Å². The zero-order valence-electron chi connectivity index (χ0n) is 11.6. The Balaban J connectivity index is 2.31. The van der Waals surface area contributed by atoms with E-state index in [9.17, 15) is 9.90 Å². The van der Waals surface area contributed by atoms with Gasteiger partial charge in [-0.2, -0.15) is 0 Å². The van der Waals surface area contributed by atoms with Crippen molar-refractivity contribution in [3.05, 3.63) is 48.0 Å². The van der Waals surface area contributed by atoms with Gasteiger partial charge in [0.1, 0.15) is 5.78 Å². The minimum Gasteiger partial charge on any atom is -0.388 e. The van der Waals surface area contributed by atoms with Gasteiger partial charge in [0.05, 0.1) is 6.10 Å². The van der Waals surface area contributed by atoms with Crippen LogP contribution in [-0.2, 0) is 4.79 Å². The first-order valence-electron chi connectivity index (χ1n) is 6.71. The summed E-state index contributed by atoms with van der Waals surface area (Å²) in [5, 5.41) is 12.6. The number of Topliss-reactive ketones (excluding diaryl/α,β-unsaturated/α-hetero) is 1. The molecular weight excluding hydrogens is 236 g/mol. The Morgan fingerprint density at radius 2 is 1.63 bits per heavy atom. The molecule has 0 saturated carbocycles. The van der Waals surface area contributed by atoms with Gasteiger partial charge in [-0.1, -0.05) is 57.2 Å². The van der Waals surface area contributed by atoms with Crippen LogP contribution in [0.1, 0.15) is 32.4 Å². The quantitative estimate of drug-likeness (QED) is 0.905. The molecule has 2 rings (SSSR count). The molecule has 0 aliphatic rings. The SMILES string of the molecule is CC(C)C(=O)[C@@H](C)[C@H](O)c1ccc2ccccc2c1. The summed E-state index contributed by atoms with van der Waals surface area (Å²) in [6.07, 6.45) is -0.737. The fourth-order valence-electron chi connectivity index (χ4n) is 2.36. The summed E-state index contributed by atoms with van der Waals surface area (Å²) in [5.74, 6) is -0.327. The summed E-state index contributed by atoms with van der Waals surface area (Å²) in [6, 6.07) is 13.9. The molecule has 2 aromatic carbocycles. The van der Waals surface area contributed by atoms with E-state index in [1.54, 1.807) is 6.92 Å². The molecule has 0 aliphatic heterocycles. The van der Waals surface area contributed by atoms with Crippen molar-refractivity contribution in [2.75, 3.05) is 0 Å². The van der Waals surface area contributed by atoms with Crippen LogP contribution in [-0.4, -0.2) is 10.9 Å². The highest BCUT2D eigenvalue weighted by Crippen LogP contribution is 2.27. The number of hydrogen-bond donors (Lipinski definition) is 1. The van der Waals surface area contributed by atoms with E-state index in [0.717, 1.165) is 16.3 Å². The lowest BCUT2D eigenvalue weighted by atomic mass is 9.88. The number of aliphatic hydroxyl groups is 1. The van der Waals surface area contributed by atoms with Crippen LogP contribution in [0.15, 0.2) is 42.5 Å². The van der Waals surface area contributed by atoms with E-state index in [-0.39, 0.29) is 17.6 Å². The van der Waals surface area contributed by atoms with Crippen LogP contribution < -0.4 is 0 Å². The van der Waals surface area contributed by atoms with Crippen LogP contribution in [0.5, 0.6) is 0 Å². The van der Waals surface area contributed by atoms with E-state index in [1.807, 2.05) is 56.3 Å². The third-order valence-electron chi connectivity index (χ3n) is 3.61. The zero-order chi connectivity index (χ0) is 14.0. The van der Waals surface area contributed by atoms with Crippen LogP contribution in [0.3, 0.4) is 0 Å². The molecular formula is C17H20O2. The first kappa shape index (κ1) is 13.8. The molecule has 0 heterocycles. The molecule has 2 nitrogen and oxygen atoms in total. The van der Waals surface area contributed by atoms with Gasteiger partial charge in [0.15, 0.2) is 0 Å². The minimum atomic E-state index is -0.737. The summed E-state index contributed by atoms with van der Waals surface area (Å²) in [6.45, 7) is 5.53. The van der Waals surface area contributed by atoms with E-state index < -0.39 is 6.10 Å². The Kier molecular flexibility index (Phi) is 4.01. The molecule has 0 fully saturated rings.